The van der Waals surface area contributed by atoms with E-state index in [4.69, 9.17) is 5.73 Å². The van der Waals surface area contributed by atoms with Gasteiger partial charge in [0.15, 0.2) is 0 Å². The average molecular weight is 280 g/mol. The van der Waals surface area contributed by atoms with Crippen molar-refractivity contribution in [2.24, 2.45) is 11.7 Å². The first-order valence-electron chi connectivity index (χ1n) is 7.22. The number of nitrogens with two attached hydrogens (primary N) is 1. The lowest BCUT2D eigenvalue weighted by Crippen LogP contribution is -2.32. The molecule has 0 aromatic heterocycles. The zero-order valence-corrected chi connectivity index (χ0v) is 12.5. The van der Waals surface area contributed by atoms with E-state index in [0.29, 0.717) is 5.56 Å². The smallest absolute Gasteiger partial charge is 0.223 e. The first-order valence-corrected chi connectivity index (χ1v) is 7.22. The fraction of sp³-hybridized carbons (Fsp3) is 0.562. The van der Waals surface area contributed by atoms with Crippen LogP contribution in [0.4, 0.5) is 4.39 Å². The van der Waals surface area contributed by atoms with Crippen molar-refractivity contribution < 1.29 is 9.18 Å². The van der Waals surface area contributed by atoms with Gasteiger partial charge in [-0.3, -0.25) is 4.79 Å². The van der Waals surface area contributed by atoms with Gasteiger partial charge in [0.1, 0.15) is 5.82 Å². The Balaban J connectivity index is 2.47. The molecular weight excluding hydrogens is 255 g/mol. The van der Waals surface area contributed by atoms with E-state index in [1.54, 1.807) is 25.1 Å². The van der Waals surface area contributed by atoms with Gasteiger partial charge in [0, 0.05) is 17.5 Å². The molecule has 0 aliphatic carbocycles. The Kier molecular flexibility index (Phi) is 6.65. The van der Waals surface area contributed by atoms with Crippen molar-refractivity contribution in [3.63, 3.8) is 0 Å². The zero-order chi connectivity index (χ0) is 15.1. The zero-order valence-electron chi connectivity index (χ0n) is 12.5. The third-order valence-electron chi connectivity index (χ3n) is 3.47. The van der Waals surface area contributed by atoms with Gasteiger partial charge in [0.25, 0.3) is 0 Å². The maximum atomic E-state index is 13.6. The van der Waals surface area contributed by atoms with Gasteiger partial charge in [-0.2, -0.15) is 0 Å². The van der Waals surface area contributed by atoms with E-state index >= 15 is 0 Å². The summed E-state index contributed by atoms with van der Waals surface area (Å²) >= 11 is 0. The number of carbonyl (C=O) groups excluding carboxylic acids is 1. The lowest BCUT2D eigenvalue weighted by molar-refractivity contribution is -0.125. The minimum absolute atomic E-state index is 0.0366. The Morgan fingerprint density at radius 2 is 1.90 bits per heavy atom. The van der Waals surface area contributed by atoms with E-state index in [1.165, 1.54) is 6.07 Å². The van der Waals surface area contributed by atoms with E-state index < -0.39 is 0 Å². The molecule has 1 rings (SSSR count). The number of nitrogens with one attached hydrogen (secondary N) is 1. The number of hydrogen-bond acceptors (Lipinski definition) is 2. The molecule has 3 N–H and O–H groups in total. The number of amides is 1. The van der Waals surface area contributed by atoms with Crippen LogP contribution in [-0.2, 0) is 4.79 Å². The van der Waals surface area contributed by atoms with Crippen molar-refractivity contribution in [1.82, 2.24) is 5.32 Å². The van der Waals surface area contributed by atoms with Crippen LogP contribution in [0.5, 0.6) is 0 Å². The van der Waals surface area contributed by atoms with Crippen LogP contribution in [0.3, 0.4) is 0 Å². The van der Waals surface area contributed by atoms with Crippen LogP contribution in [0.1, 0.15) is 51.6 Å². The molecule has 1 amide bonds. The summed E-state index contributed by atoms with van der Waals surface area (Å²) in [4.78, 5) is 12.0. The van der Waals surface area contributed by atoms with Gasteiger partial charge < -0.3 is 11.1 Å². The summed E-state index contributed by atoms with van der Waals surface area (Å²) in [5.74, 6) is -0.404. The van der Waals surface area contributed by atoms with Crippen molar-refractivity contribution >= 4 is 5.91 Å². The van der Waals surface area contributed by atoms with Gasteiger partial charge in [-0.15, -0.1) is 0 Å². The quantitative estimate of drug-likeness (QED) is 0.806. The highest BCUT2D eigenvalue weighted by Gasteiger charge is 2.17. The summed E-state index contributed by atoms with van der Waals surface area (Å²) < 4.78 is 13.6. The third kappa shape index (κ3) is 5.29. The number of halogens is 1. The lowest BCUT2D eigenvalue weighted by Gasteiger charge is -2.18. The molecule has 0 bridgehead atoms. The molecule has 1 aromatic rings. The molecule has 112 valence electrons. The van der Waals surface area contributed by atoms with Gasteiger partial charge in [0.05, 0.1) is 6.04 Å². The fourth-order valence-corrected chi connectivity index (χ4v) is 2.14. The Morgan fingerprint density at radius 3 is 2.50 bits per heavy atom. The summed E-state index contributed by atoms with van der Waals surface area (Å²) in [5, 5.41) is 2.86. The van der Waals surface area contributed by atoms with Gasteiger partial charge in [-0.05, 0) is 32.8 Å². The van der Waals surface area contributed by atoms with Gasteiger partial charge in [-0.1, -0.05) is 31.5 Å². The highest BCUT2D eigenvalue weighted by atomic mass is 19.1. The summed E-state index contributed by atoms with van der Waals surface area (Å²) in [6, 6.07) is 6.37. The van der Waals surface area contributed by atoms with Crippen LogP contribution >= 0.6 is 0 Å². The van der Waals surface area contributed by atoms with Gasteiger partial charge in [0.2, 0.25) is 5.91 Å². The maximum Gasteiger partial charge on any atom is 0.223 e. The minimum Gasteiger partial charge on any atom is -0.349 e. The molecular formula is C16H25FN2O. The molecule has 0 aliphatic rings. The Labute approximate surface area is 120 Å². The molecule has 4 heteroatoms. The molecule has 0 saturated heterocycles. The Hall–Kier alpha value is -1.42. The molecule has 2 unspecified atom stereocenters. The van der Waals surface area contributed by atoms with Crippen molar-refractivity contribution in [3.8, 4) is 0 Å². The Bertz CT molecular complexity index is 434. The molecule has 20 heavy (non-hydrogen) atoms. The minimum atomic E-state index is -0.320. The molecule has 0 saturated carbocycles. The van der Waals surface area contributed by atoms with Crippen molar-refractivity contribution in [2.45, 2.75) is 52.1 Å². The van der Waals surface area contributed by atoms with Crippen molar-refractivity contribution in [2.75, 3.05) is 0 Å². The predicted octanol–water partition coefficient (Wildman–Crippen LogP) is 3.16. The highest BCUT2D eigenvalue weighted by Crippen LogP contribution is 2.17. The number of carbonyl (C=O) groups is 1. The number of benzene rings is 1. The molecule has 0 heterocycles. The fourth-order valence-electron chi connectivity index (χ4n) is 2.14. The second-order valence-electron chi connectivity index (χ2n) is 5.56. The molecule has 3 atom stereocenters. The summed E-state index contributed by atoms with van der Waals surface area (Å²) in [6.45, 7) is 5.65. The largest absolute Gasteiger partial charge is 0.349 e. The van der Waals surface area contributed by atoms with E-state index in [0.717, 1.165) is 19.3 Å². The Morgan fingerprint density at radius 1 is 1.25 bits per heavy atom. The van der Waals surface area contributed by atoms with Crippen molar-refractivity contribution in [1.29, 1.82) is 0 Å². The van der Waals surface area contributed by atoms with Gasteiger partial charge >= 0.3 is 0 Å². The monoisotopic (exact) mass is 280 g/mol. The number of rotatable bonds is 7. The second kappa shape index (κ2) is 8.00. The second-order valence-corrected chi connectivity index (χ2v) is 5.56. The molecule has 0 radical (unpaired) electrons. The van der Waals surface area contributed by atoms with E-state index in [9.17, 15) is 9.18 Å². The van der Waals surface area contributed by atoms with E-state index in [2.05, 4.69) is 5.32 Å². The topological polar surface area (TPSA) is 55.1 Å². The van der Waals surface area contributed by atoms with E-state index in [-0.39, 0.29) is 29.7 Å². The molecule has 3 nitrogen and oxygen atoms in total. The standard InChI is InChI=1S/C16H25FN2O/c1-11(7-6-8-12(2)18)16(20)19-13(3)14-9-4-5-10-15(14)17/h4-5,9-13H,6-8,18H2,1-3H3,(H,19,20)/t11?,12?,13-/m1/s1. The average Bonchev–Trinajstić information content (AvgIpc) is 2.38. The number of hydrogen-bond donors (Lipinski definition) is 2. The molecule has 1 aromatic carbocycles. The SMILES string of the molecule is CC(N)CCCC(C)C(=O)N[C@H](C)c1ccccc1F. The van der Waals surface area contributed by atoms with Gasteiger partial charge in [-0.25, -0.2) is 4.39 Å². The van der Waals surface area contributed by atoms with Crippen LogP contribution in [0, 0.1) is 11.7 Å². The molecule has 0 aliphatic heterocycles. The van der Waals surface area contributed by atoms with Crippen molar-refractivity contribution in [3.05, 3.63) is 35.6 Å². The normalized spacial score (nSPS) is 15.4. The van der Waals surface area contributed by atoms with Crippen LogP contribution in [0.15, 0.2) is 24.3 Å². The summed E-state index contributed by atoms with van der Waals surface area (Å²) in [5.41, 5.74) is 6.20. The first kappa shape index (κ1) is 16.6. The first-order chi connectivity index (χ1) is 9.41. The molecule has 0 fully saturated rings. The van der Waals surface area contributed by atoms with Crippen LogP contribution in [-0.4, -0.2) is 11.9 Å². The summed E-state index contributed by atoms with van der Waals surface area (Å²) in [6.07, 6.45) is 2.65. The maximum absolute atomic E-state index is 13.6. The van der Waals surface area contributed by atoms with Crippen LogP contribution in [0.25, 0.3) is 0 Å². The summed E-state index contributed by atoms with van der Waals surface area (Å²) in [7, 11) is 0. The predicted molar refractivity (Wildman–Crippen MR) is 79.6 cm³/mol. The van der Waals surface area contributed by atoms with Crippen LogP contribution in [0.2, 0.25) is 0 Å². The van der Waals surface area contributed by atoms with Crippen LogP contribution < -0.4 is 11.1 Å². The van der Waals surface area contributed by atoms with E-state index in [1.807, 2.05) is 13.8 Å². The lowest BCUT2D eigenvalue weighted by atomic mass is 10.00. The molecule has 0 spiro atoms. The highest BCUT2D eigenvalue weighted by molar-refractivity contribution is 5.78. The third-order valence-corrected chi connectivity index (χ3v) is 3.47.